The normalized spacial score (nSPS) is 8.56. The van der Waals surface area contributed by atoms with Crippen LogP contribution in [0, 0.1) is 62.3 Å². The Balaban J connectivity index is -0.000000193. The largest absolute Gasteiger partial charge is 0.264 e. The summed E-state index contributed by atoms with van der Waals surface area (Å²) in [5, 5.41) is 11.3. The summed E-state index contributed by atoms with van der Waals surface area (Å²) in [5.41, 5.74) is 16.0. The van der Waals surface area contributed by atoms with Crippen molar-refractivity contribution in [2.45, 2.75) is 369 Å². The lowest BCUT2D eigenvalue weighted by molar-refractivity contribution is 1.09. The Morgan fingerprint density at radius 2 is 0.451 bits per heavy atom. The van der Waals surface area contributed by atoms with Gasteiger partial charge >= 0.3 is 0 Å². The molecule has 18 heteroatoms. The van der Waals surface area contributed by atoms with Crippen LogP contribution >= 0.6 is 0 Å². The van der Waals surface area contributed by atoms with Crippen molar-refractivity contribution in [1.29, 1.82) is 0 Å². The van der Waals surface area contributed by atoms with Crippen molar-refractivity contribution in [2.75, 3.05) is 0 Å². The first kappa shape index (κ1) is 149. The molecule has 0 fully saturated rings. The first-order valence-corrected chi connectivity index (χ1v) is 53.6. The molecule has 18 nitrogen and oxygen atoms in total. The standard InChI is InChI=1S/9C9H8N2.9C3H8.9C2H6/c1-7-4-9-5-10-3-2-8(9)6-11-7;1-7-4-8-2-3-10-5-9(8)6-11-7;1-7-2-3-8-6-10-5-4-9(8)11-7;1-7-2-3-8-4-5-10-6-9(8)11-7;1-7-4-5-8-9(11-7)3-2-6-10-8;1-7-4-5-8-3-2-6-10-9(8)11-7;1-7-5-9-8(6-11-7)3-2-4-10-9;1-7-5-8-3-2-4-10-9(8)6-11-7;1-7-10-6-8-4-2-3-5-9(8)11-7;9*1-3-2;9*1-2/h9*2-6H,1H3;9*3H2,1-2H3;9*1-2H3. The molecule has 0 aliphatic rings. The van der Waals surface area contributed by atoms with Gasteiger partial charge in [-0.05, 0) is 207 Å². The molecule has 0 bridgehead atoms. The lowest BCUT2D eigenvalue weighted by Crippen LogP contribution is -1.86. The second-order valence-corrected chi connectivity index (χ2v) is 29.0. The van der Waals surface area contributed by atoms with Gasteiger partial charge in [-0.15, -0.1) is 0 Å². The highest BCUT2D eigenvalue weighted by atomic mass is 14.9. The molecule has 0 unspecified atom stereocenters. The van der Waals surface area contributed by atoms with Crippen LogP contribution in [-0.2, 0) is 0 Å². The van der Waals surface area contributed by atoms with Crippen LogP contribution in [0.3, 0.4) is 0 Å². The fraction of sp³-hybridized carbons (Fsp3) is 0.429. The van der Waals surface area contributed by atoms with Crippen LogP contribution < -0.4 is 0 Å². The first-order valence-electron chi connectivity index (χ1n) is 53.6. The second kappa shape index (κ2) is 110. The Hall–Kier alpha value is -13.0. The van der Waals surface area contributed by atoms with Gasteiger partial charge in [0.15, 0.2) is 5.65 Å². The highest BCUT2D eigenvalue weighted by Crippen LogP contribution is 2.17. The van der Waals surface area contributed by atoms with E-state index in [1.807, 2.05) is 388 Å². The van der Waals surface area contributed by atoms with Gasteiger partial charge in [-0.3, -0.25) is 69.8 Å². The molecule has 0 amide bonds. The highest BCUT2D eigenvalue weighted by molar-refractivity contribution is 5.83. The average molecular weight is 1970 g/mol. The lowest BCUT2D eigenvalue weighted by Gasteiger charge is -1.95. The molecule has 18 aromatic rings. The van der Waals surface area contributed by atoms with E-state index in [0.717, 1.165) is 144 Å². The van der Waals surface area contributed by atoms with Crippen LogP contribution in [0.25, 0.3) is 98.1 Å². The third-order valence-electron chi connectivity index (χ3n) is 14.6. The van der Waals surface area contributed by atoms with Gasteiger partial charge in [-0.25, -0.2) is 19.9 Å². The molecule has 17 heterocycles. The molecule has 792 valence electrons. The quantitative estimate of drug-likeness (QED) is 0.137. The summed E-state index contributed by atoms with van der Waals surface area (Å²) in [4.78, 5) is 74.9. The zero-order valence-electron chi connectivity index (χ0n) is 98.9. The van der Waals surface area contributed by atoms with Gasteiger partial charge in [0.1, 0.15) is 5.82 Å². The van der Waals surface area contributed by atoms with Gasteiger partial charge in [0.05, 0.1) is 51.0 Å². The number of pyridine rings is 16. The van der Waals surface area contributed by atoms with E-state index in [0.29, 0.717) is 0 Å². The van der Waals surface area contributed by atoms with Crippen molar-refractivity contribution in [3.05, 3.63) is 327 Å². The Bertz CT molecular complexity index is 4700. The second-order valence-electron chi connectivity index (χ2n) is 29.0. The fourth-order valence-electron chi connectivity index (χ4n) is 9.64. The number of aryl methyl sites for hydroxylation is 9. The minimum Gasteiger partial charge on any atom is -0.264 e. The zero-order chi connectivity index (χ0) is 112. The molecular formula is C126H198N18. The number of hydrogen-bond donors (Lipinski definition) is 0. The van der Waals surface area contributed by atoms with Gasteiger partial charge in [0, 0.05) is 187 Å². The summed E-state index contributed by atoms with van der Waals surface area (Å²) in [6.45, 7) is 92.0. The number of rotatable bonds is 0. The Kier molecular flexibility index (Phi) is 114. The Morgan fingerprint density at radius 3 is 0.965 bits per heavy atom. The summed E-state index contributed by atoms with van der Waals surface area (Å²) in [6.07, 6.45) is 41.9. The van der Waals surface area contributed by atoms with Crippen LogP contribution in [0.5, 0.6) is 0 Å². The smallest absolute Gasteiger partial charge is 0.159 e. The SMILES string of the molecule is CC.CC.CC.CC.CC.CC.CC.CC.CC.CCC.CCC.CCC.CCC.CCC.CCC.CCC.CCC.CCC.Cc1cc2cccnc2cn1.Cc1cc2ccncc2cn1.Cc1cc2cnccc2cn1.Cc1cc2ncccc2cn1.Cc1ccc2cccnc2n1.Cc1ccc2ccncc2n1.Cc1ccc2cnccc2n1.Cc1ccc2ncccc2n1.Cc1ncc2ccccc2n1. The van der Waals surface area contributed by atoms with Crippen LogP contribution in [0.4, 0.5) is 0 Å². The third kappa shape index (κ3) is 75.8. The predicted octanol–water partition coefficient (Wildman–Crippen LogP) is 39.4. The minimum atomic E-state index is 0.823. The van der Waals surface area contributed by atoms with E-state index >= 15 is 0 Å². The molecule has 0 saturated heterocycles. The molecule has 0 radical (unpaired) electrons. The number of aromatic nitrogens is 18. The topological polar surface area (TPSA) is 232 Å². The number of nitrogens with zero attached hydrogens (tertiary/aromatic N) is 18. The number of para-hydroxylation sites is 1. The van der Waals surface area contributed by atoms with E-state index in [1.54, 1.807) is 62.0 Å². The average Bonchev–Trinajstić information content (AvgIpc) is 0.914. The number of hydrogen-bond acceptors (Lipinski definition) is 18. The molecular weight excluding hydrogens is 1770 g/mol. The summed E-state index contributed by atoms with van der Waals surface area (Å²) >= 11 is 0. The van der Waals surface area contributed by atoms with E-state index in [9.17, 15) is 0 Å². The predicted molar refractivity (Wildman–Crippen MR) is 644 cm³/mol. The molecule has 0 N–H and O–H groups in total. The van der Waals surface area contributed by atoms with E-state index in [1.165, 1.54) is 63.2 Å². The molecule has 0 aliphatic carbocycles. The van der Waals surface area contributed by atoms with E-state index in [2.05, 4.69) is 226 Å². The highest BCUT2D eigenvalue weighted by Gasteiger charge is 2.00. The van der Waals surface area contributed by atoms with Gasteiger partial charge < -0.3 is 0 Å². The van der Waals surface area contributed by atoms with Crippen LogP contribution in [0.2, 0.25) is 0 Å². The summed E-state index contributed by atoms with van der Waals surface area (Å²) in [7, 11) is 0. The monoisotopic (exact) mass is 1960 g/mol. The van der Waals surface area contributed by atoms with Crippen molar-refractivity contribution < 1.29 is 0 Å². The van der Waals surface area contributed by atoms with E-state index < -0.39 is 0 Å². The molecule has 144 heavy (non-hydrogen) atoms. The van der Waals surface area contributed by atoms with E-state index in [4.69, 9.17) is 0 Å². The fourth-order valence-corrected chi connectivity index (χ4v) is 9.64. The van der Waals surface area contributed by atoms with E-state index in [-0.39, 0.29) is 0 Å². The maximum Gasteiger partial charge on any atom is 0.159 e. The summed E-state index contributed by atoms with van der Waals surface area (Å²) in [5.74, 6) is 0.823. The van der Waals surface area contributed by atoms with Crippen LogP contribution in [0.15, 0.2) is 275 Å². The first-order chi connectivity index (χ1) is 70.0. The van der Waals surface area contributed by atoms with Gasteiger partial charge in [-0.1, -0.05) is 337 Å². The Morgan fingerprint density at radius 1 is 0.153 bits per heavy atom. The van der Waals surface area contributed by atoms with Crippen molar-refractivity contribution >= 4 is 98.1 Å². The third-order valence-corrected chi connectivity index (χ3v) is 14.6. The minimum absolute atomic E-state index is 0.823. The van der Waals surface area contributed by atoms with Crippen molar-refractivity contribution in [3.63, 3.8) is 0 Å². The van der Waals surface area contributed by atoms with Crippen molar-refractivity contribution in [3.8, 4) is 0 Å². The van der Waals surface area contributed by atoms with Gasteiger partial charge in [0.25, 0.3) is 0 Å². The maximum atomic E-state index is 4.34. The number of benzene rings is 1. The Labute approximate surface area is 878 Å². The molecule has 0 spiro atoms. The van der Waals surface area contributed by atoms with Gasteiger partial charge in [-0.2, -0.15) is 0 Å². The molecule has 18 rings (SSSR count). The maximum absolute atomic E-state index is 4.34. The van der Waals surface area contributed by atoms with Gasteiger partial charge in [0.2, 0.25) is 0 Å². The molecule has 0 aliphatic heterocycles. The van der Waals surface area contributed by atoms with Crippen LogP contribution in [-0.4, -0.2) is 89.7 Å². The summed E-state index contributed by atoms with van der Waals surface area (Å²) in [6, 6.07) is 55.6. The molecule has 1 aromatic carbocycles. The van der Waals surface area contributed by atoms with Crippen molar-refractivity contribution in [2.24, 2.45) is 0 Å². The lowest BCUT2D eigenvalue weighted by atomic mass is 10.2. The van der Waals surface area contributed by atoms with Crippen LogP contribution in [0.1, 0.15) is 358 Å². The van der Waals surface area contributed by atoms with Crippen molar-refractivity contribution in [1.82, 2.24) is 89.7 Å². The summed E-state index contributed by atoms with van der Waals surface area (Å²) < 4.78 is 0. The molecule has 0 atom stereocenters. The zero-order valence-corrected chi connectivity index (χ0v) is 98.9. The molecule has 0 saturated carbocycles. The molecule has 17 aromatic heterocycles. The number of fused-ring (bicyclic) bond motifs is 9.